The van der Waals surface area contributed by atoms with Gasteiger partial charge in [-0.1, -0.05) is 36.2 Å². The highest BCUT2D eigenvalue weighted by atomic mass is 35.5. The lowest BCUT2D eigenvalue weighted by atomic mass is 10.2. The fraction of sp³-hybridized carbons (Fsp3) is 0.500. The molecule has 1 saturated heterocycles. The van der Waals surface area contributed by atoms with Gasteiger partial charge in [-0.25, -0.2) is 4.79 Å². The van der Waals surface area contributed by atoms with Gasteiger partial charge in [0.2, 0.25) is 0 Å². The normalized spacial score (nSPS) is 19.9. The van der Waals surface area contributed by atoms with Crippen molar-refractivity contribution in [3.63, 3.8) is 0 Å². The lowest BCUT2D eigenvalue weighted by Gasteiger charge is -2.22. The van der Waals surface area contributed by atoms with Crippen molar-refractivity contribution in [3.05, 3.63) is 34.9 Å². The molecule has 0 spiro atoms. The van der Waals surface area contributed by atoms with Crippen LogP contribution >= 0.6 is 11.6 Å². The monoisotopic (exact) mass is 282 g/mol. The Hall–Kier alpha value is -1.26. The molecule has 0 saturated carbocycles. The topological polar surface area (TPSA) is 55.6 Å². The van der Waals surface area contributed by atoms with Crippen LogP contribution in [0.3, 0.4) is 0 Å². The number of ether oxygens (including phenoxy) is 1. The first kappa shape index (κ1) is 14.2. The zero-order valence-electron chi connectivity index (χ0n) is 10.8. The third-order valence-corrected chi connectivity index (χ3v) is 3.64. The predicted octanol–water partition coefficient (Wildman–Crippen LogP) is 2.79. The fourth-order valence-corrected chi connectivity index (χ4v) is 2.38. The van der Waals surface area contributed by atoms with Crippen LogP contribution in [-0.4, -0.2) is 30.1 Å². The van der Waals surface area contributed by atoms with Crippen molar-refractivity contribution in [2.45, 2.75) is 31.9 Å². The van der Waals surface area contributed by atoms with Gasteiger partial charge in [0.15, 0.2) is 0 Å². The van der Waals surface area contributed by atoms with Crippen molar-refractivity contribution in [2.24, 2.45) is 5.73 Å². The van der Waals surface area contributed by atoms with Gasteiger partial charge in [-0.15, -0.1) is 0 Å². The van der Waals surface area contributed by atoms with E-state index in [-0.39, 0.29) is 18.7 Å². The van der Waals surface area contributed by atoms with Gasteiger partial charge in [0.25, 0.3) is 0 Å². The minimum atomic E-state index is -0.308. The Morgan fingerprint density at radius 2 is 2.21 bits per heavy atom. The summed E-state index contributed by atoms with van der Waals surface area (Å²) in [5.41, 5.74) is 6.74. The Bertz CT molecular complexity index is 439. The van der Waals surface area contributed by atoms with Crippen LogP contribution in [0.2, 0.25) is 5.02 Å². The Morgan fingerprint density at radius 1 is 1.42 bits per heavy atom. The fourth-order valence-electron chi connectivity index (χ4n) is 2.19. The molecule has 0 aliphatic carbocycles. The molecule has 5 heteroatoms. The number of hydrogen-bond donors (Lipinski definition) is 1. The Balaban J connectivity index is 1.88. The first-order chi connectivity index (χ1) is 9.16. The van der Waals surface area contributed by atoms with Gasteiger partial charge < -0.3 is 15.4 Å². The number of amides is 1. The van der Waals surface area contributed by atoms with Crippen molar-refractivity contribution in [2.75, 3.05) is 13.1 Å². The highest BCUT2D eigenvalue weighted by Gasteiger charge is 2.20. The molecule has 1 aromatic rings. The van der Waals surface area contributed by atoms with Crippen LogP contribution in [0.1, 0.15) is 24.8 Å². The third-order valence-electron chi connectivity index (χ3n) is 3.28. The molecule has 1 aliphatic heterocycles. The largest absolute Gasteiger partial charge is 0.444 e. The van der Waals surface area contributed by atoms with E-state index in [0.717, 1.165) is 31.4 Å². The number of nitrogens with two attached hydrogens (primary N) is 1. The molecule has 0 aromatic heterocycles. The second kappa shape index (κ2) is 6.78. The molecular formula is C14H19ClN2O2. The highest BCUT2D eigenvalue weighted by Crippen LogP contribution is 2.17. The van der Waals surface area contributed by atoms with E-state index in [4.69, 9.17) is 22.1 Å². The summed E-state index contributed by atoms with van der Waals surface area (Å²) in [4.78, 5) is 13.7. The SMILES string of the molecule is N[C@@H]1CCCCN(C(=O)OCc2ccccc2Cl)C1. The number of carbonyl (C=O) groups excluding carboxylic acids is 1. The Kier molecular flexibility index (Phi) is 5.05. The zero-order valence-corrected chi connectivity index (χ0v) is 11.6. The van der Waals surface area contributed by atoms with E-state index in [1.165, 1.54) is 0 Å². The van der Waals surface area contributed by atoms with E-state index in [2.05, 4.69) is 0 Å². The number of benzene rings is 1. The zero-order chi connectivity index (χ0) is 13.7. The summed E-state index contributed by atoms with van der Waals surface area (Å²) in [6.45, 7) is 1.49. The third kappa shape index (κ3) is 4.11. The van der Waals surface area contributed by atoms with Crippen LogP contribution in [0.15, 0.2) is 24.3 Å². The van der Waals surface area contributed by atoms with Crippen molar-refractivity contribution >= 4 is 17.7 Å². The van der Waals surface area contributed by atoms with Gasteiger partial charge >= 0.3 is 6.09 Å². The molecule has 4 nitrogen and oxygen atoms in total. The van der Waals surface area contributed by atoms with Gasteiger partial charge in [-0.3, -0.25) is 0 Å². The van der Waals surface area contributed by atoms with E-state index in [9.17, 15) is 4.79 Å². The molecular weight excluding hydrogens is 264 g/mol. The van der Waals surface area contributed by atoms with Gasteiger partial charge in [0, 0.05) is 29.7 Å². The van der Waals surface area contributed by atoms with Crippen LogP contribution in [0.5, 0.6) is 0 Å². The number of rotatable bonds is 2. The molecule has 2 rings (SSSR count). The average Bonchev–Trinajstić information content (AvgIpc) is 2.62. The van der Waals surface area contributed by atoms with E-state index in [1.807, 2.05) is 18.2 Å². The highest BCUT2D eigenvalue weighted by molar-refractivity contribution is 6.31. The number of halogens is 1. The molecule has 104 valence electrons. The molecule has 0 unspecified atom stereocenters. The number of nitrogens with zero attached hydrogens (tertiary/aromatic N) is 1. The molecule has 1 amide bonds. The van der Waals surface area contributed by atoms with Crippen LogP contribution in [0.25, 0.3) is 0 Å². The summed E-state index contributed by atoms with van der Waals surface area (Å²) in [5.74, 6) is 0. The van der Waals surface area contributed by atoms with E-state index in [1.54, 1.807) is 11.0 Å². The van der Waals surface area contributed by atoms with Crippen molar-refractivity contribution in [1.82, 2.24) is 4.90 Å². The average molecular weight is 283 g/mol. The summed E-state index contributed by atoms with van der Waals surface area (Å²) in [6.07, 6.45) is 2.70. The minimum Gasteiger partial charge on any atom is -0.444 e. The van der Waals surface area contributed by atoms with Crippen LogP contribution in [0, 0.1) is 0 Å². The Morgan fingerprint density at radius 3 is 3.00 bits per heavy atom. The molecule has 19 heavy (non-hydrogen) atoms. The van der Waals surface area contributed by atoms with Gasteiger partial charge in [-0.2, -0.15) is 0 Å². The first-order valence-electron chi connectivity index (χ1n) is 6.57. The van der Waals surface area contributed by atoms with Gasteiger partial charge in [-0.05, 0) is 18.9 Å². The number of likely N-dealkylation sites (tertiary alicyclic amines) is 1. The summed E-state index contributed by atoms with van der Waals surface area (Å²) < 4.78 is 5.30. The second-order valence-electron chi connectivity index (χ2n) is 4.85. The molecule has 0 radical (unpaired) electrons. The lowest BCUT2D eigenvalue weighted by molar-refractivity contribution is 0.0960. The van der Waals surface area contributed by atoms with Crippen LogP contribution in [0.4, 0.5) is 4.79 Å². The quantitative estimate of drug-likeness (QED) is 0.907. The maximum atomic E-state index is 12.0. The van der Waals surface area contributed by atoms with Gasteiger partial charge in [0.05, 0.1) is 0 Å². The molecule has 1 atom stereocenters. The molecule has 1 heterocycles. The van der Waals surface area contributed by atoms with Crippen molar-refractivity contribution in [1.29, 1.82) is 0 Å². The van der Waals surface area contributed by atoms with Crippen molar-refractivity contribution in [3.8, 4) is 0 Å². The van der Waals surface area contributed by atoms with E-state index < -0.39 is 0 Å². The molecule has 2 N–H and O–H groups in total. The van der Waals surface area contributed by atoms with E-state index in [0.29, 0.717) is 11.6 Å². The maximum Gasteiger partial charge on any atom is 0.410 e. The molecule has 1 aliphatic rings. The second-order valence-corrected chi connectivity index (χ2v) is 5.26. The molecule has 1 fully saturated rings. The van der Waals surface area contributed by atoms with E-state index >= 15 is 0 Å². The van der Waals surface area contributed by atoms with Crippen LogP contribution in [-0.2, 0) is 11.3 Å². The molecule has 0 bridgehead atoms. The lowest BCUT2D eigenvalue weighted by Crippen LogP contribution is -2.39. The van der Waals surface area contributed by atoms with Crippen molar-refractivity contribution < 1.29 is 9.53 Å². The molecule has 1 aromatic carbocycles. The maximum absolute atomic E-state index is 12.0. The smallest absolute Gasteiger partial charge is 0.410 e. The first-order valence-corrected chi connectivity index (χ1v) is 6.95. The summed E-state index contributed by atoms with van der Waals surface area (Å²) in [7, 11) is 0. The van der Waals surface area contributed by atoms with Crippen LogP contribution < -0.4 is 5.73 Å². The predicted molar refractivity (Wildman–Crippen MR) is 75.0 cm³/mol. The Labute approximate surface area is 118 Å². The summed E-state index contributed by atoms with van der Waals surface area (Å²) in [5, 5.41) is 0.614. The summed E-state index contributed by atoms with van der Waals surface area (Å²) >= 11 is 6.02. The standard InChI is InChI=1S/C14H19ClN2O2/c15-13-7-2-1-5-11(13)10-19-14(18)17-8-4-3-6-12(16)9-17/h1-2,5,7,12H,3-4,6,8-10,16H2/t12-/m1/s1. The number of carbonyl (C=O) groups is 1. The summed E-state index contributed by atoms with van der Waals surface area (Å²) in [6, 6.07) is 7.41. The number of hydrogen-bond acceptors (Lipinski definition) is 3. The van der Waals surface area contributed by atoms with Gasteiger partial charge in [0.1, 0.15) is 6.61 Å². The minimum absolute atomic E-state index is 0.0513.